The van der Waals surface area contributed by atoms with Gasteiger partial charge in [-0.2, -0.15) is 10.2 Å². The van der Waals surface area contributed by atoms with Crippen LogP contribution < -0.4 is 20.2 Å². The quantitative estimate of drug-likeness (QED) is 0.126. The highest BCUT2D eigenvalue weighted by atomic mass is 35.5. The van der Waals surface area contributed by atoms with Crippen LogP contribution in [0.1, 0.15) is 31.9 Å². The van der Waals surface area contributed by atoms with Crippen molar-refractivity contribution in [3.05, 3.63) is 112 Å². The fourth-order valence-corrected chi connectivity index (χ4v) is 7.06. The van der Waals surface area contributed by atoms with E-state index in [4.69, 9.17) is 57.8 Å². The number of hydrogen-bond acceptors (Lipinski definition) is 13. The molecule has 3 unspecified atom stereocenters. The Balaban J connectivity index is 0.000000520. The molecule has 20 heteroatoms. The van der Waals surface area contributed by atoms with Crippen LogP contribution in [0.4, 0.5) is 11.4 Å². The third kappa shape index (κ3) is 10.2. The third-order valence-corrected chi connectivity index (χ3v) is 10.5. The summed E-state index contributed by atoms with van der Waals surface area (Å²) in [6.07, 6.45) is 0.655. The predicted molar refractivity (Wildman–Crippen MR) is 215 cm³/mol. The second kappa shape index (κ2) is 19.0. The van der Waals surface area contributed by atoms with Gasteiger partial charge >= 0.3 is 17.6 Å². The van der Waals surface area contributed by atoms with E-state index in [2.05, 4.69) is 49.2 Å². The number of aliphatic hydroxyl groups is 2. The average Bonchev–Trinajstić information content (AvgIpc) is 4.01. The fourth-order valence-electron chi connectivity index (χ4n) is 6.51. The van der Waals surface area contributed by atoms with Crippen molar-refractivity contribution in [2.75, 3.05) is 49.2 Å². The summed E-state index contributed by atoms with van der Waals surface area (Å²) < 4.78 is 23.7. The Bertz CT molecular complexity index is 2210. The van der Waals surface area contributed by atoms with Crippen LogP contribution in [-0.4, -0.2) is 119 Å². The minimum absolute atomic E-state index is 0.0645. The van der Waals surface area contributed by atoms with E-state index < -0.39 is 29.9 Å². The predicted octanol–water partition coefficient (Wildman–Crippen LogP) is 3.45. The van der Waals surface area contributed by atoms with Gasteiger partial charge in [0.2, 0.25) is 5.79 Å². The number of halogens is 2. The summed E-state index contributed by atoms with van der Waals surface area (Å²) in [5, 5.41) is 42.0. The maximum absolute atomic E-state index is 12.8. The zero-order valence-corrected chi connectivity index (χ0v) is 33.6. The molecule has 0 radical (unpaired) electrons. The number of carboxylic acids is 2. The summed E-state index contributed by atoms with van der Waals surface area (Å²) in [5.74, 6) is -3.95. The highest BCUT2D eigenvalue weighted by Gasteiger charge is 2.45. The molecule has 59 heavy (non-hydrogen) atoms. The van der Waals surface area contributed by atoms with E-state index in [-0.39, 0.29) is 24.4 Å². The molecular weight excluding hydrogens is 811 g/mol. The number of aromatic nitrogens is 6. The molecule has 18 nitrogen and oxygen atoms in total. The first-order chi connectivity index (χ1) is 28.3. The van der Waals surface area contributed by atoms with Gasteiger partial charge in [0.05, 0.1) is 23.4 Å². The van der Waals surface area contributed by atoms with Crippen molar-refractivity contribution in [1.82, 2.24) is 29.1 Å². The van der Waals surface area contributed by atoms with Crippen LogP contribution in [0.3, 0.4) is 0 Å². The largest absolute Gasteiger partial charge is 0.491 e. The monoisotopic (exact) mass is 854 g/mol. The maximum Gasteiger partial charge on any atom is 0.350 e. The summed E-state index contributed by atoms with van der Waals surface area (Å²) in [7, 11) is 0. The van der Waals surface area contributed by atoms with Gasteiger partial charge < -0.3 is 44.4 Å². The van der Waals surface area contributed by atoms with E-state index in [0.717, 1.165) is 55.4 Å². The van der Waals surface area contributed by atoms with Crippen LogP contribution in [0.2, 0.25) is 10.0 Å². The molecule has 0 bridgehead atoms. The number of aliphatic hydroxyl groups excluding tert-OH is 2. The number of carbonyl (C=O) groups is 2. The van der Waals surface area contributed by atoms with Crippen LogP contribution in [0.15, 0.2) is 90.5 Å². The normalized spacial score (nSPS) is 19.4. The van der Waals surface area contributed by atoms with Gasteiger partial charge in [0.25, 0.3) is 0 Å². The number of benzene rings is 3. The lowest BCUT2D eigenvalue weighted by Gasteiger charge is -2.37. The maximum atomic E-state index is 12.8. The van der Waals surface area contributed by atoms with Crippen molar-refractivity contribution < 1.29 is 44.2 Å². The van der Waals surface area contributed by atoms with Crippen molar-refractivity contribution in [3.63, 3.8) is 0 Å². The molecule has 314 valence electrons. The lowest BCUT2D eigenvalue weighted by Crippen LogP contribution is -2.46. The zero-order chi connectivity index (χ0) is 42.3. The molecule has 2 fully saturated rings. The van der Waals surface area contributed by atoms with Gasteiger partial charge in [0.1, 0.15) is 44.0 Å². The summed E-state index contributed by atoms with van der Waals surface area (Å²) in [5.41, 5.74) is 3.64. The van der Waals surface area contributed by atoms with Gasteiger partial charge in [0, 0.05) is 48.1 Å². The van der Waals surface area contributed by atoms with Crippen LogP contribution >= 0.6 is 23.2 Å². The second-order valence-electron chi connectivity index (χ2n) is 13.9. The molecule has 3 aromatic carbocycles. The molecule has 0 amide bonds. The molecule has 2 aliphatic rings. The van der Waals surface area contributed by atoms with Gasteiger partial charge in [-0.15, -0.1) is 0 Å². The Kier molecular flexibility index (Phi) is 13.9. The lowest BCUT2D eigenvalue weighted by atomic mass is 10.1. The Labute approximate surface area is 348 Å². The zero-order valence-electron chi connectivity index (χ0n) is 32.1. The summed E-state index contributed by atoms with van der Waals surface area (Å²) in [6.45, 7) is 8.48. The number of carboxylic acid groups (broad SMARTS) is 2. The summed E-state index contributed by atoms with van der Waals surface area (Å²) in [4.78, 5) is 41.1. The Morgan fingerprint density at radius 1 is 0.881 bits per heavy atom. The average molecular weight is 856 g/mol. The summed E-state index contributed by atoms with van der Waals surface area (Å²) >= 11 is 12.7. The number of hydrogen-bond donors (Lipinski definition) is 4. The second-order valence-corrected chi connectivity index (χ2v) is 14.7. The van der Waals surface area contributed by atoms with E-state index in [9.17, 15) is 14.4 Å². The van der Waals surface area contributed by atoms with Crippen molar-refractivity contribution in [2.24, 2.45) is 0 Å². The number of piperazine rings is 1. The van der Waals surface area contributed by atoms with Crippen molar-refractivity contribution in [1.29, 1.82) is 0 Å². The van der Waals surface area contributed by atoms with E-state index >= 15 is 0 Å². The molecule has 0 spiro atoms. The number of rotatable bonds is 14. The number of aliphatic carboxylic acids is 2. The van der Waals surface area contributed by atoms with Gasteiger partial charge in [-0.1, -0.05) is 36.2 Å². The van der Waals surface area contributed by atoms with Crippen LogP contribution in [0.25, 0.3) is 5.69 Å². The SMILES string of the molecule is CCC(C)n1ncn(-c2ccc(N3CCN(c4ccc(OC[C@H]5CO[C@](Cn6cncn6)(c6ccc(Cl)cc6Cl)O5)cc4)CC3)cc2)c1=O.O=C(O)C(O)C(O)C(=O)O. The first kappa shape index (κ1) is 43.1. The van der Waals surface area contributed by atoms with Crippen LogP contribution in [0.5, 0.6) is 5.75 Å². The molecule has 0 aliphatic carbocycles. The van der Waals surface area contributed by atoms with E-state index in [1.165, 1.54) is 11.0 Å². The molecule has 5 aromatic rings. The Morgan fingerprint density at radius 3 is 2.02 bits per heavy atom. The number of anilines is 2. The number of nitrogens with zero attached hydrogens (tertiary/aromatic N) is 8. The Morgan fingerprint density at radius 2 is 1.47 bits per heavy atom. The van der Waals surface area contributed by atoms with Gasteiger partial charge in [-0.3, -0.25) is 0 Å². The molecule has 2 aliphatic heterocycles. The topological polar surface area (TPSA) is 220 Å². The highest BCUT2D eigenvalue weighted by molar-refractivity contribution is 6.35. The fraction of sp³-hybridized carbons (Fsp3) is 0.385. The molecule has 7 rings (SSSR count). The Hall–Kier alpha value is -5.50. The molecule has 5 atom stereocenters. The first-order valence-electron chi connectivity index (χ1n) is 18.7. The number of ether oxygens (including phenoxy) is 3. The van der Waals surface area contributed by atoms with Gasteiger partial charge in [0.15, 0.2) is 12.2 Å². The highest BCUT2D eigenvalue weighted by Crippen LogP contribution is 2.40. The van der Waals surface area contributed by atoms with E-state index in [1.807, 2.05) is 44.2 Å². The van der Waals surface area contributed by atoms with E-state index in [0.29, 0.717) is 28.8 Å². The van der Waals surface area contributed by atoms with Crippen molar-refractivity contribution in [3.8, 4) is 11.4 Å². The molecule has 0 saturated carbocycles. The molecule has 4 N–H and O–H groups in total. The van der Waals surface area contributed by atoms with Crippen molar-refractivity contribution >= 4 is 46.5 Å². The summed E-state index contributed by atoms with van der Waals surface area (Å²) in [6, 6.07) is 21.6. The van der Waals surface area contributed by atoms with E-state index in [1.54, 1.807) is 34.0 Å². The third-order valence-electron chi connectivity index (χ3n) is 9.96. The standard InChI is InChI=1S/C35H38Cl2N8O4.C4H6O6/c1-3-25(2)45-34(46)44(24-40-45)29-7-5-27(6-8-29)41-14-16-42(17-15-41)28-9-11-30(12-10-28)47-19-31-20-48-35(49-31,21-43-23-38-22-39-43)32-13-4-26(36)18-33(32)37;5-1(3(7)8)2(6)4(9)10/h4-13,18,22-25,31H,3,14-17,19-21H2,1-2H3;1-2,5-6H,(H,7,8)(H,9,10)/t25?,31-,35-;/m0./s1. The van der Waals surface area contributed by atoms with Crippen molar-refractivity contribution in [2.45, 2.75) is 57.0 Å². The molecule has 2 saturated heterocycles. The van der Waals surface area contributed by atoms with Crippen LogP contribution in [-0.2, 0) is 31.4 Å². The van der Waals surface area contributed by atoms with Gasteiger partial charge in [-0.05, 0) is 74.0 Å². The molecule has 2 aromatic heterocycles. The molecular formula is C39H44Cl2N8O10. The van der Waals surface area contributed by atoms with Gasteiger partial charge in [-0.25, -0.2) is 33.3 Å². The minimum Gasteiger partial charge on any atom is -0.491 e. The smallest absolute Gasteiger partial charge is 0.350 e. The lowest BCUT2D eigenvalue weighted by molar-refractivity contribution is -0.190. The first-order valence-corrected chi connectivity index (χ1v) is 19.4. The molecule has 4 heterocycles. The van der Waals surface area contributed by atoms with Crippen LogP contribution in [0, 0.1) is 0 Å². The minimum atomic E-state index is -2.27.